The molecule has 0 heterocycles. The van der Waals surface area contributed by atoms with E-state index in [-0.39, 0.29) is 40.3 Å². The van der Waals surface area contributed by atoms with Gasteiger partial charge in [0, 0.05) is 22.8 Å². The molecule has 0 aromatic heterocycles. The average Bonchev–Trinajstić information content (AvgIpc) is 3.08. The van der Waals surface area contributed by atoms with Crippen molar-refractivity contribution in [3.8, 4) is 0 Å². The molecule has 0 spiro atoms. The molecule has 0 amide bonds. The molecule has 0 aliphatic heterocycles. The second-order valence-corrected chi connectivity index (χ2v) is 13.7. The summed E-state index contributed by atoms with van der Waals surface area (Å²) in [6.45, 7) is 16.9. The maximum absolute atomic E-state index is 14.0. The van der Waals surface area contributed by atoms with E-state index in [1.807, 2.05) is 6.92 Å². The van der Waals surface area contributed by atoms with Gasteiger partial charge in [0.1, 0.15) is 6.10 Å². The van der Waals surface area contributed by atoms with Crippen LogP contribution in [0.4, 0.5) is 0 Å². The maximum atomic E-state index is 14.0. The van der Waals surface area contributed by atoms with Crippen molar-refractivity contribution in [1.82, 2.24) is 0 Å². The first-order valence-electron chi connectivity index (χ1n) is 14.0. The highest BCUT2D eigenvalue weighted by Crippen LogP contribution is 2.72. The van der Waals surface area contributed by atoms with Crippen LogP contribution >= 0.6 is 0 Å². The number of ketones is 1. The van der Waals surface area contributed by atoms with E-state index in [0.29, 0.717) is 30.5 Å². The minimum Gasteiger partial charge on any atom is -0.464 e. The van der Waals surface area contributed by atoms with E-state index in [2.05, 4.69) is 47.6 Å². The highest BCUT2D eigenvalue weighted by Gasteiger charge is 2.65. The second-order valence-electron chi connectivity index (χ2n) is 13.7. The quantitative estimate of drug-likeness (QED) is 0.318. The Kier molecular flexibility index (Phi) is 6.97. The topological polar surface area (TPSA) is 63.6 Å². The zero-order chi connectivity index (χ0) is 25.8. The minimum atomic E-state index is -0.212. The van der Waals surface area contributed by atoms with Gasteiger partial charge in [0.25, 0.3) is 6.47 Å². The van der Waals surface area contributed by atoms with E-state index in [0.717, 1.165) is 50.5 Å². The third-order valence-electron chi connectivity index (χ3n) is 11.8. The molecule has 7 atom stereocenters. The van der Waals surface area contributed by atoms with Crippen LogP contribution in [0.25, 0.3) is 0 Å². The summed E-state index contributed by atoms with van der Waals surface area (Å²) in [5.41, 5.74) is 3.59. The fourth-order valence-corrected chi connectivity index (χ4v) is 9.46. The number of ether oxygens (including phenoxy) is 1. The predicted molar refractivity (Wildman–Crippen MR) is 140 cm³/mol. The van der Waals surface area contributed by atoms with Crippen LogP contribution in [0.3, 0.4) is 0 Å². The lowest BCUT2D eigenvalue weighted by atomic mass is 9.43. The lowest BCUT2D eigenvalue weighted by Gasteiger charge is -2.61. The molecule has 4 heteroatoms. The van der Waals surface area contributed by atoms with Gasteiger partial charge in [-0.1, -0.05) is 58.8 Å². The van der Waals surface area contributed by atoms with Gasteiger partial charge in [-0.15, -0.1) is 0 Å². The number of carbonyl (C=O) groups is 2. The average molecular weight is 485 g/mol. The Morgan fingerprint density at radius 2 is 1.86 bits per heavy atom. The first-order chi connectivity index (χ1) is 16.4. The van der Waals surface area contributed by atoms with Gasteiger partial charge >= 0.3 is 0 Å². The molecule has 4 nitrogen and oxygen atoms in total. The lowest BCUT2D eigenvalue weighted by molar-refractivity contribution is -0.157. The summed E-state index contributed by atoms with van der Waals surface area (Å²) < 4.78 is 5.54. The number of Topliss-reactive ketones (excluding diaryl/α,β-unsaturated/α-hetero) is 1. The zero-order valence-corrected chi connectivity index (χ0v) is 23.2. The molecule has 0 radical (unpaired) electrons. The highest BCUT2D eigenvalue weighted by molar-refractivity contribution is 5.99. The Morgan fingerprint density at radius 1 is 1.14 bits per heavy atom. The molecule has 0 bridgehead atoms. The summed E-state index contributed by atoms with van der Waals surface area (Å²) in [5.74, 6) is 1.80. The molecule has 0 aromatic carbocycles. The van der Waals surface area contributed by atoms with Crippen molar-refractivity contribution in [2.24, 2.45) is 39.4 Å². The normalized spacial score (nSPS) is 41.7. The lowest BCUT2D eigenvalue weighted by Crippen LogP contribution is -2.57. The molecule has 0 saturated heterocycles. The van der Waals surface area contributed by atoms with Gasteiger partial charge in [-0.25, -0.2) is 0 Å². The molecule has 35 heavy (non-hydrogen) atoms. The van der Waals surface area contributed by atoms with Crippen LogP contribution in [0.5, 0.6) is 0 Å². The molecule has 4 aliphatic carbocycles. The van der Waals surface area contributed by atoms with Crippen molar-refractivity contribution in [2.45, 2.75) is 112 Å². The van der Waals surface area contributed by atoms with Gasteiger partial charge in [0.2, 0.25) is 0 Å². The van der Waals surface area contributed by atoms with Crippen LogP contribution in [-0.4, -0.2) is 30.1 Å². The molecule has 196 valence electrons. The summed E-state index contributed by atoms with van der Waals surface area (Å²) in [6, 6.07) is 0. The van der Waals surface area contributed by atoms with Gasteiger partial charge in [0.15, 0.2) is 5.78 Å². The van der Waals surface area contributed by atoms with Crippen LogP contribution in [0, 0.1) is 39.4 Å². The van der Waals surface area contributed by atoms with Crippen molar-refractivity contribution >= 4 is 12.3 Å². The van der Waals surface area contributed by atoms with E-state index in [9.17, 15) is 14.7 Å². The largest absolute Gasteiger partial charge is 0.464 e. The number of carbonyl (C=O) groups excluding carboxylic acids is 2. The second kappa shape index (κ2) is 9.15. The summed E-state index contributed by atoms with van der Waals surface area (Å²) in [5, 5.41) is 9.32. The minimum absolute atomic E-state index is 0.0101. The van der Waals surface area contributed by atoms with Crippen molar-refractivity contribution in [3.63, 3.8) is 0 Å². The molecular weight excluding hydrogens is 436 g/mol. The Hall–Kier alpha value is -1.42. The molecular formula is C31H48O4. The summed E-state index contributed by atoms with van der Waals surface area (Å²) >= 11 is 0. The van der Waals surface area contributed by atoms with Crippen LogP contribution in [0.2, 0.25) is 0 Å². The number of allylic oxidation sites excluding steroid dienone is 3. The molecule has 1 N–H and O–H groups in total. The third-order valence-corrected chi connectivity index (χ3v) is 11.8. The van der Waals surface area contributed by atoms with E-state index in [1.165, 1.54) is 17.6 Å². The van der Waals surface area contributed by atoms with Gasteiger partial charge < -0.3 is 9.84 Å². The number of aliphatic hydroxyl groups excluding tert-OH is 1. The summed E-state index contributed by atoms with van der Waals surface area (Å²) in [4.78, 5) is 25.2. The van der Waals surface area contributed by atoms with Crippen LogP contribution in [0.1, 0.15) is 106 Å². The zero-order valence-electron chi connectivity index (χ0n) is 23.2. The summed E-state index contributed by atoms with van der Waals surface area (Å²) in [6.07, 6.45) is 11.2. The van der Waals surface area contributed by atoms with E-state index >= 15 is 0 Å². The molecule has 2 fully saturated rings. The number of hydrogen-bond acceptors (Lipinski definition) is 4. The molecule has 2 saturated carbocycles. The standard InChI is InChI=1S/C31H48O4/c1-20(18-32)9-8-10-21(2)22-11-16-31(7)27-23(12-15-30(22,31)6)29(5)14-13-26(35-19-33)28(3,4)25(29)17-24(27)34/h9,19,21-22,25-26,32H,8,10-18H2,1-7H3/b20-9+/t21-,22-,25+,26+,29-,30-,31+/m1/s1. The van der Waals surface area contributed by atoms with Crippen molar-refractivity contribution < 1.29 is 19.4 Å². The van der Waals surface area contributed by atoms with Crippen molar-refractivity contribution in [2.75, 3.05) is 6.61 Å². The molecule has 0 aromatic rings. The Balaban J connectivity index is 1.66. The fraction of sp³-hybridized carbons (Fsp3) is 0.806. The molecule has 4 aliphatic rings. The van der Waals surface area contributed by atoms with Gasteiger partial charge in [-0.3, -0.25) is 9.59 Å². The van der Waals surface area contributed by atoms with E-state index in [1.54, 1.807) is 0 Å². The Labute approximate surface area is 213 Å². The number of rotatable bonds is 7. The fourth-order valence-electron chi connectivity index (χ4n) is 9.46. The Morgan fingerprint density at radius 3 is 2.51 bits per heavy atom. The van der Waals surface area contributed by atoms with Crippen molar-refractivity contribution in [3.05, 3.63) is 22.8 Å². The van der Waals surface area contributed by atoms with Crippen molar-refractivity contribution in [1.29, 1.82) is 0 Å². The smallest absolute Gasteiger partial charge is 0.293 e. The number of aliphatic hydroxyl groups is 1. The third kappa shape index (κ3) is 3.88. The van der Waals surface area contributed by atoms with E-state index in [4.69, 9.17) is 4.74 Å². The van der Waals surface area contributed by atoms with Crippen LogP contribution in [-0.2, 0) is 14.3 Å². The Bertz CT molecular complexity index is 928. The number of fused-ring (bicyclic) bond motifs is 4. The molecule has 0 unspecified atom stereocenters. The van der Waals surface area contributed by atoms with Crippen LogP contribution in [0.15, 0.2) is 22.8 Å². The van der Waals surface area contributed by atoms with Gasteiger partial charge in [-0.05, 0) is 86.9 Å². The first kappa shape index (κ1) is 26.6. The van der Waals surface area contributed by atoms with Gasteiger partial charge in [-0.2, -0.15) is 0 Å². The van der Waals surface area contributed by atoms with Gasteiger partial charge in [0.05, 0.1) is 6.61 Å². The highest BCUT2D eigenvalue weighted by atomic mass is 16.5. The predicted octanol–water partition coefficient (Wildman–Crippen LogP) is 6.81. The van der Waals surface area contributed by atoms with E-state index < -0.39 is 0 Å². The maximum Gasteiger partial charge on any atom is 0.293 e. The first-order valence-corrected chi connectivity index (χ1v) is 14.0. The molecule has 4 rings (SSSR count). The van der Waals surface area contributed by atoms with Crippen LogP contribution < -0.4 is 0 Å². The summed E-state index contributed by atoms with van der Waals surface area (Å²) in [7, 11) is 0. The number of hydrogen-bond donors (Lipinski definition) is 1. The SMILES string of the molecule is C/C(=C\CC[C@@H](C)[C@H]1CC[C@@]2(C)C3=C(CC[C@]12C)[C@@]1(C)CC[C@H](OC=O)C(C)(C)[C@@H]1CC3=O)CO. The monoisotopic (exact) mass is 484 g/mol.